The van der Waals surface area contributed by atoms with Gasteiger partial charge in [-0.15, -0.1) is 0 Å². The Morgan fingerprint density at radius 1 is 1.33 bits per heavy atom. The third-order valence-electron chi connectivity index (χ3n) is 3.58. The van der Waals surface area contributed by atoms with Gasteiger partial charge in [0.2, 0.25) is 0 Å². The van der Waals surface area contributed by atoms with Crippen LogP contribution in [-0.4, -0.2) is 39.2 Å². The fraction of sp³-hybridized carbons (Fsp3) is 0.923. The quantitative estimate of drug-likeness (QED) is 0.573. The van der Waals surface area contributed by atoms with Gasteiger partial charge in [0.25, 0.3) is 0 Å². The molecule has 0 radical (unpaired) electrons. The van der Waals surface area contributed by atoms with Crippen LogP contribution < -0.4 is 0 Å². The number of aliphatic hydroxyl groups is 1. The van der Waals surface area contributed by atoms with Crippen LogP contribution in [0.4, 0.5) is 0 Å². The molecule has 1 N–H and O–H groups in total. The van der Waals surface area contributed by atoms with Gasteiger partial charge in [0.1, 0.15) is 0 Å². The van der Waals surface area contributed by atoms with Crippen molar-refractivity contribution in [2.45, 2.75) is 52.2 Å². The van der Waals surface area contributed by atoms with Crippen LogP contribution in [0, 0.1) is 5.92 Å². The van der Waals surface area contributed by atoms with Gasteiger partial charge in [0, 0.05) is 26.1 Å². The number of aliphatic hydroxyl groups excluding tert-OH is 1. The predicted molar refractivity (Wildman–Crippen MR) is 75.0 cm³/mol. The van der Waals surface area contributed by atoms with Crippen molar-refractivity contribution in [1.29, 1.82) is 0 Å². The van der Waals surface area contributed by atoms with E-state index in [1.54, 1.807) is 0 Å². The minimum atomic E-state index is -1.72. The summed E-state index contributed by atoms with van der Waals surface area (Å²) in [4.78, 5) is 10.7. The summed E-state index contributed by atoms with van der Waals surface area (Å²) in [5.41, 5.74) is 0. The average Bonchev–Trinajstić information content (AvgIpc) is 2.20. The maximum absolute atomic E-state index is 10.7. The minimum Gasteiger partial charge on any atom is -0.465 e. The van der Waals surface area contributed by atoms with Crippen LogP contribution >= 0.6 is 0 Å². The summed E-state index contributed by atoms with van der Waals surface area (Å²) in [5, 5.41) is 9.38. The van der Waals surface area contributed by atoms with Crippen LogP contribution in [0.25, 0.3) is 0 Å². The second kappa shape index (κ2) is 7.26. The zero-order valence-corrected chi connectivity index (χ0v) is 13.6. The Morgan fingerprint density at radius 2 is 1.89 bits per heavy atom. The van der Waals surface area contributed by atoms with E-state index < -0.39 is 8.32 Å². The molecule has 0 aromatic heterocycles. The Labute approximate surface area is 112 Å². The largest absolute Gasteiger partial charge is 0.465 e. The van der Waals surface area contributed by atoms with Crippen LogP contribution in [0.1, 0.15) is 34.1 Å². The SMILES string of the molecule is CC(=O)OCC(CO)CCO[Si](C)(C)C(C)(C)C. The second-order valence-electron chi connectivity index (χ2n) is 6.25. The molecule has 0 aliphatic rings. The summed E-state index contributed by atoms with van der Waals surface area (Å²) < 4.78 is 10.9. The molecule has 1 unspecified atom stereocenters. The molecule has 18 heavy (non-hydrogen) atoms. The molecule has 1 atom stereocenters. The number of hydrogen-bond donors (Lipinski definition) is 1. The van der Waals surface area contributed by atoms with Crippen molar-refractivity contribution in [3.63, 3.8) is 0 Å². The Balaban J connectivity index is 4.04. The average molecular weight is 276 g/mol. The molecule has 0 aromatic carbocycles. The van der Waals surface area contributed by atoms with E-state index in [2.05, 4.69) is 33.9 Å². The Bertz CT molecular complexity index is 258. The lowest BCUT2D eigenvalue weighted by Gasteiger charge is -2.36. The standard InChI is InChI=1S/C13H28O4Si/c1-11(15)16-10-12(9-14)7-8-17-18(5,6)13(2,3)4/h12,14H,7-10H2,1-6H3. The topological polar surface area (TPSA) is 55.8 Å². The Hall–Kier alpha value is -0.393. The Morgan fingerprint density at radius 3 is 2.28 bits per heavy atom. The first-order chi connectivity index (χ1) is 8.10. The first-order valence-corrected chi connectivity index (χ1v) is 9.39. The van der Waals surface area contributed by atoms with Crippen LogP contribution in [-0.2, 0) is 14.0 Å². The van der Waals surface area contributed by atoms with Crippen molar-refractivity contribution in [2.24, 2.45) is 5.92 Å². The van der Waals surface area contributed by atoms with Gasteiger partial charge >= 0.3 is 5.97 Å². The van der Waals surface area contributed by atoms with Crippen LogP contribution in [0.2, 0.25) is 18.1 Å². The molecule has 0 saturated heterocycles. The number of carbonyl (C=O) groups excluding carboxylic acids is 1. The fourth-order valence-corrected chi connectivity index (χ4v) is 2.22. The van der Waals surface area contributed by atoms with Crippen molar-refractivity contribution in [2.75, 3.05) is 19.8 Å². The highest BCUT2D eigenvalue weighted by molar-refractivity contribution is 6.74. The smallest absolute Gasteiger partial charge is 0.302 e. The van der Waals surface area contributed by atoms with Gasteiger partial charge in [-0.2, -0.15) is 0 Å². The molecular weight excluding hydrogens is 248 g/mol. The molecule has 0 aromatic rings. The van der Waals surface area contributed by atoms with E-state index >= 15 is 0 Å². The maximum atomic E-state index is 10.7. The first kappa shape index (κ1) is 17.6. The van der Waals surface area contributed by atoms with Crippen molar-refractivity contribution in [3.8, 4) is 0 Å². The van der Waals surface area contributed by atoms with E-state index in [1.165, 1.54) is 6.92 Å². The third-order valence-corrected chi connectivity index (χ3v) is 8.11. The molecule has 108 valence electrons. The lowest BCUT2D eigenvalue weighted by atomic mass is 10.1. The molecular formula is C13H28O4Si. The van der Waals surface area contributed by atoms with Gasteiger partial charge in [-0.3, -0.25) is 4.79 Å². The molecule has 0 heterocycles. The fourth-order valence-electron chi connectivity index (χ4n) is 1.16. The molecule has 0 aliphatic carbocycles. The highest BCUT2D eigenvalue weighted by atomic mass is 28.4. The van der Waals surface area contributed by atoms with Gasteiger partial charge in [0.05, 0.1) is 6.61 Å². The molecule has 4 nitrogen and oxygen atoms in total. The summed E-state index contributed by atoms with van der Waals surface area (Å²) in [6, 6.07) is 0. The normalized spacial score (nSPS) is 14.4. The van der Waals surface area contributed by atoms with E-state index in [4.69, 9.17) is 9.16 Å². The van der Waals surface area contributed by atoms with Gasteiger partial charge < -0.3 is 14.3 Å². The van der Waals surface area contributed by atoms with E-state index in [-0.39, 0.29) is 30.1 Å². The van der Waals surface area contributed by atoms with E-state index in [0.717, 1.165) is 6.42 Å². The monoisotopic (exact) mass is 276 g/mol. The van der Waals surface area contributed by atoms with Gasteiger partial charge in [-0.25, -0.2) is 0 Å². The van der Waals surface area contributed by atoms with E-state index in [0.29, 0.717) is 6.61 Å². The predicted octanol–water partition coefficient (Wildman–Crippen LogP) is 2.57. The molecule has 0 fully saturated rings. The molecule has 0 rings (SSSR count). The van der Waals surface area contributed by atoms with Gasteiger partial charge in [-0.1, -0.05) is 20.8 Å². The van der Waals surface area contributed by atoms with Crippen LogP contribution in [0.5, 0.6) is 0 Å². The first-order valence-electron chi connectivity index (χ1n) is 6.48. The highest BCUT2D eigenvalue weighted by Gasteiger charge is 2.36. The van der Waals surface area contributed by atoms with Gasteiger partial charge in [0.15, 0.2) is 8.32 Å². The number of hydrogen-bond acceptors (Lipinski definition) is 4. The van der Waals surface area contributed by atoms with Crippen LogP contribution in [0.15, 0.2) is 0 Å². The molecule has 0 bridgehead atoms. The summed E-state index contributed by atoms with van der Waals surface area (Å²) in [5.74, 6) is -0.336. The van der Waals surface area contributed by atoms with Crippen molar-refractivity contribution >= 4 is 14.3 Å². The second-order valence-corrected chi connectivity index (χ2v) is 11.1. The number of esters is 1. The number of rotatable bonds is 7. The Kier molecular flexibility index (Phi) is 7.10. The lowest BCUT2D eigenvalue weighted by molar-refractivity contribution is -0.142. The van der Waals surface area contributed by atoms with Crippen LogP contribution in [0.3, 0.4) is 0 Å². The maximum Gasteiger partial charge on any atom is 0.302 e. The summed E-state index contributed by atoms with van der Waals surface area (Å²) in [6.07, 6.45) is 0.719. The molecule has 0 aliphatic heterocycles. The van der Waals surface area contributed by atoms with E-state index in [9.17, 15) is 9.90 Å². The van der Waals surface area contributed by atoms with Crippen molar-refractivity contribution in [1.82, 2.24) is 0 Å². The molecule has 5 heteroatoms. The number of carbonyl (C=O) groups is 1. The van der Waals surface area contributed by atoms with Crippen molar-refractivity contribution in [3.05, 3.63) is 0 Å². The summed E-state index contributed by atoms with van der Waals surface area (Å²) >= 11 is 0. The van der Waals surface area contributed by atoms with Gasteiger partial charge in [-0.05, 0) is 24.6 Å². The zero-order valence-electron chi connectivity index (χ0n) is 12.6. The highest BCUT2D eigenvalue weighted by Crippen LogP contribution is 2.36. The van der Waals surface area contributed by atoms with E-state index in [1.807, 2.05) is 0 Å². The molecule has 0 spiro atoms. The summed E-state index contributed by atoms with van der Waals surface area (Å²) in [7, 11) is -1.72. The lowest BCUT2D eigenvalue weighted by Crippen LogP contribution is -2.41. The third kappa shape index (κ3) is 6.52. The zero-order chi connectivity index (χ0) is 14.4. The number of ether oxygens (including phenoxy) is 1. The molecule has 0 saturated carbocycles. The van der Waals surface area contributed by atoms with Crippen molar-refractivity contribution < 1.29 is 19.1 Å². The minimum absolute atomic E-state index is 0.0220. The molecule has 0 amide bonds. The summed E-state index contributed by atoms with van der Waals surface area (Å²) in [6.45, 7) is 13.3.